The van der Waals surface area contributed by atoms with Gasteiger partial charge in [0.25, 0.3) is 5.91 Å². The van der Waals surface area contributed by atoms with Crippen LogP contribution in [0.3, 0.4) is 0 Å². The Morgan fingerprint density at radius 1 is 1.06 bits per heavy atom. The van der Waals surface area contributed by atoms with Crippen LogP contribution in [0.4, 0.5) is 4.39 Å². The lowest BCUT2D eigenvalue weighted by Gasteiger charge is -2.41. The summed E-state index contributed by atoms with van der Waals surface area (Å²) in [6, 6.07) is 16.8. The van der Waals surface area contributed by atoms with Gasteiger partial charge in [0, 0.05) is 55.6 Å². The SMILES string of the molecule is Cc1ccc(C2c3ccsc3CCN2CCC(=O)N2CCN(C(=O)c3cccc(F)c3)C(C)C2)cc1. The number of carbonyl (C=O) groups excluding carboxylic acids is 2. The van der Waals surface area contributed by atoms with Crippen molar-refractivity contribution in [3.63, 3.8) is 0 Å². The summed E-state index contributed by atoms with van der Waals surface area (Å²) in [5, 5.41) is 2.17. The van der Waals surface area contributed by atoms with Crippen LogP contribution in [-0.2, 0) is 11.2 Å². The number of thiophene rings is 1. The van der Waals surface area contributed by atoms with Gasteiger partial charge in [0.05, 0.1) is 6.04 Å². The van der Waals surface area contributed by atoms with Crippen molar-refractivity contribution in [3.8, 4) is 0 Å². The highest BCUT2D eigenvalue weighted by molar-refractivity contribution is 7.10. The van der Waals surface area contributed by atoms with Gasteiger partial charge in [0.15, 0.2) is 0 Å². The van der Waals surface area contributed by atoms with Crippen LogP contribution in [0.15, 0.2) is 60.0 Å². The van der Waals surface area contributed by atoms with Crippen LogP contribution in [0.2, 0.25) is 0 Å². The third kappa shape index (κ3) is 5.08. The monoisotopic (exact) mass is 505 g/mol. The van der Waals surface area contributed by atoms with E-state index in [1.807, 2.05) is 23.2 Å². The lowest BCUT2D eigenvalue weighted by Crippen LogP contribution is -2.55. The molecule has 2 aromatic carbocycles. The maximum absolute atomic E-state index is 13.6. The number of fused-ring (bicyclic) bond motifs is 1. The van der Waals surface area contributed by atoms with Gasteiger partial charge in [0.2, 0.25) is 5.91 Å². The fourth-order valence-electron chi connectivity index (χ4n) is 5.42. The Labute approximate surface area is 216 Å². The first-order valence-electron chi connectivity index (χ1n) is 12.6. The molecule has 2 aliphatic rings. The van der Waals surface area contributed by atoms with Crippen molar-refractivity contribution in [2.45, 2.75) is 38.8 Å². The largest absolute Gasteiger partial charge is 0.339 e. The zero-order valence-corrected chi connectivity index (χ0v) is 21.6. The summed E-state index contributed by atoms with van der Waals surface area (Å²) in [6.45, 7) is 7.14. The van der Waals surface area contributed by atoms with Crippen molar-refractivity contribution >= 4 is 23.2 Å². The van der Waals surface area contributed by atoms with Crippen LogP contribution in [-0.4, -0.2) is 65.3 Å². The van der Waals surface area contributed by atoms with Gasteiger partial charge >= 0.3 is 0 Å². The highest BCUT2D eigenvalue weighted by Gasteiger charge is 2.33. The number of aryl methyl sites for hydroxylation is 1. The van der Waals surface area contributed by atoms with Crippen molar-refractivity contribution < 1.29 is 14.0 Å². The molecule has 0 radical (unpaired) electrons. The molecule has 1 aromatic heterocycles. The van der Waals surface area contributed by atoms with E-state index >= 15 is 0 Å². The van der Waals surface area contributed by atoms with Crippen molar-refractivity contribution in [2.24, 2.45) is 0 Å². The summed E-state index contributed by atoms with van der Waals surface area (Å²) < 4.78 is 13.6. The maximum Gasteiger partial charge on any atom is 0.254 e. The lowest BCUT2D eigenvalue weighted by molar-refractivity contribution is -0.134. The summed E-state index contributed by atoms with van der Waals surface area (Å²) in [4.78, 5) is 33.6. The van der Waals surface area contributed by atoms with E-state index < -0.39 is 5.82 Å². The van der Waals surface area contributed by atoms with Gasteiger partial charge in [-0.3, -0.25) is 14.5 Å². The van der Waals surface area contributed by atoms with E-state index in [9.17, 15) is 14.0 Å². The van der Waals surface area contributed by atoms with Gasteiger partial charge in [-0.1, -0.05) is 35.9 Å². The third-order valence-corrected chi connectivity index (χ3v) is 8.38. The van der Waals surface area contributed by atoms with Gasteiger partial charge in [0.1, 0.15) is 5.82 Å². The molecule has 0 aliphatic carbocycles. The molecular formula is C29H32FN3O2S. The number of piperazine rings is 1. The first-order valence-corrected chi connectivity index (χ1v) is 13.5. The average molecular weight is 506 g/mol. The molecule has 2 amide bonds. The third-order valence-electron chi connectivity index (χ3n) is 7.38. The van der Waals surface area contributed by atoms with E-state index in [-0.39, 0.29) is 23.9 Å². The second-order valence-electron chi connectivity index (χ2n) is 9.85. The predicted octanol–water partition coefficient (Wildman–Crippen LogP) is 4.91. The summed E-state index contributed by atoms with van der Waals surface area (Å²) in [5.74, 6) is -0.480. The van der Waals surface area contributed by atoms with Crippen molar-refractivity contribution in [2.75, 3.05) is 32.7 Å². The minimum absolute atomic E-state index is 0.123. The van der Waals surface area contributed by atoms with Crippen LogP contribution in [0, 0.1) is 12.7 Å². The van der Waals surface area contributed by atoms with E-state index in [0.29, 0.717) is 38.2 Å². The second-order valence-corrected chi connectivity index (χ2v) is 10.8. The summed E-state index contributed by atoms with van der Waals surface area (Å²) >= 11 is 1.82. The molecule has 188 valence electrons. The van der Waals surface area contributed by atoms with Crippen LogP contribution < -0.4 is 0 Å². The number of nitrogens with zero attached hydrogens (tertiary/aromatic N) is 3. The first kappa shape index (κ1) is 24.7. The van der Waals surface area contributed by atoms with E-state index in [2.05, 4.69) is 47.5 Å². The van der Waals surface area contributed by atoms with E-state index in [1.54, 1.807) is 17.0 Å². The maximum atomic E-state index is 13.6. The first-order chi connectivity index (χ1) is 17.4. The van der Waals surface area contributed by atoms with Crippen molar-refractivity contribution in [1.82, 2.24) is 14.7 Å². The normalized spacial score (nSPS) is 20.3. The molecule has 0 spiro atoms. The standard InChI is InChI=1S/C29H32FN3O2S/c1-20-6-8-22(9-7-20)28-25-12-17-36-26(25)10-13-31(28)14-11-27(34)32-15-16-33(21(2)19-32)29(35)23-4-3-5-24(30)18-23/h3-9,12,17-18,21,28H,10-11,13-16,19H2,1-2H3. The fraction of sp³-hybridized carbons (Fsp3) is 0.379. The molecule has 0 saturated carbocycles. The molecule has 0 bridgehead atoms. The highest BCUT2D eigenvalue weighted by Crippen LogP contribution is 2.37. The molecule has 3 aromatic rings. The smallest absolute Gasteiger partial charge is 0.254 e. The van der Waals surface area contributed by atoms with Crippen LogP contribution in [0.5, 0.6) is 0 Å². The van der Waals surface area contributed by atoms with Gasteiger partial charge in [-0.2, -0.15) is 0 Å². The van der Waals surface area contributed by atoms with Crippen LogP contribution in [0.1, 0.15) is 51.3 Å². The molecule has 5 rings (SSSR count). The lowest BCUT2D eigenvalue weighted by atomic mass is 9.92. The quantitative estimate of drug-likeness (QED) is 0.495. The van der Waals surface area contributed by atoms with Gasteiger partial charge in [-0.05, 0) is 61.0 Å². The van der Waals surface area contributed by atoms with E-state index in [0.717, 1.165) is 13.0 Å². The Bertz CT molecular complexity index is 1240. The Kier molecular flexibility index (Phi) is 7.21. The van der Waals surface area contributed by atoms with Crippen LogP contribution in [0.25, 0.3) is 0 Å². The topological polar surface area (TPSA) is 43.9 Å². The number of carbonyl (C=O) groups is 2. The minimum atomic E-state index is -0.418. The zero-order chi connectivity index (χ0) is 25.2. The number of halogens is 1. The number of benzene rings is 2. The Morgan fingerprint density at radius 2 is 1.86 bits per heavy atom. The van der Waals surface area contributed by atoms with Crippen LogP contribution >= 0.6 is 11.3 Å². The van der Waals surface area contributed by atoms with Gasteiger partial charge in [-0.25, -0.2) is 4.39 Å². The van der Waals surface area contributed by atoms with Crippen molar-refractivity contribution in [3.05, 3.63) is 92.9 Å². The molecule has 0 N–H and O–H groups in total. The Morgan fingerprint density at radius 3 is 2.61 bits per heavy atom. The fourth-order valence-corrected chi connectivity index (χ4v) is 6.32. The Balaban J connectivity index is 1.22. The average Bonchev–Trinajstić information content (AvgIpc) is 3.36. The molecule has 2 unspecified atom stereocenters. The Hall–Kier alpha value is -3.03. The predicted molar refractivity (Wildman–Crippen MR) is 141 cm³/mol. The van der Waals surface area contributed by atoms with E-state index in [1.165, 1.54) is 33.7 Å². The molecule has 36 heavy (non-hydrogen) atoms. The minimum Gasteiger partial charge on any atom is -0.339 e. The number of amides is 2. The molecule has 2 atom stereocenters. The molecule has 3 heterocycles. The molecule has 5 nitrogen and oxygen atoms in total. The molecule has 7 heteroatoms. The number of rotatable bonds is 5. The summed E-state index contributed by atoms with van der Waals surface area (Å²) in [5.41, 5.74) is 4.22. The van der Waals surface area contributed by atoms with E-state index in [4.69, 9.17) is 0 Å². The zero-order valence-electron chi connectivity index (χ0n) is 20.8. The highest BCUT2D eigenvalue weighted by atomic mass is 32.1. The van der Waals surface area contributed by atoms with Gasteiger partial charge in [-0.15, -0.1) is 11.3 Å². The molecule has 1 saturated heterocycles. The van der Waals surface area contributed by atoms with Gasteiger partial charge < -0.3 is 9.80 Å². The summed E-state index contributed by atoms with van der Waals surface area (Å²) in [7, 11) is 0. The number of hydrogen-bond acceptors (Lipinski definition) is 4. The molecular weight excluding hydrogens is 473 g/mol. The molecule has 2 aliphatic heterocycles. The summed E-state index contributed by atoms with van der Waals surface area (Å²) in [6.07, 6.45) is 1.47. The number of hydrogen-bond donors (Lipinski definition) is 0. The van der Waals surface area contributed by atoms with Crippen molar-refractivity contribution in [1.29, 1.82) is 0 Å². The second kappa shape index (κ2) is 10.5. The molecule has 1 fully saturated rings.